The van der Waals surface area contributed by atoms with Crippen molar-refractivity contribution in [3.05, 3.63) is 35.6 Å². The Morgan fingerprint density at radius 2 is 2.08 bits per heavy atom. The van der Waals surface area contributed by atoms with Crippen molar-refractivity contribution in [1.29, 1.82) is 0 Å². The highest BCUT2D eigenvalue weighted by atomic mass is 19.1. The fraction of sp³-hybridized carbons (Fsp3) is 0.222. The zero-order valence-corrected chi connectivity index (χ0v) is 6.89. The van der Waals surface area contributed by atoms with E-state index in [4.69, 9.17) is 0 Å². The van der Waals surface area contributed by atoms with Crippen LogP contribution in [0.15, 0.2) is 24.3 Å². The lowest BCUT2D eigenvalue weighted by atomic mass is 10.2. The number of amides is 1. The third-order valence-corrected chi connectivity index (χ3v) is 1.50. The molecule has 4 heteroatoms. The molecule has 0 aliphatic heterocycles. The van der Waals surface area contributed by atoms with Crippen molar-refractivity contribution in [1.82, 2.24) is 5.32 Å². The fourth-order valence-corrected chi connectivity index (χ4v) is 0.901. The van der Waals surface area contributed by atoms with E-state index >= 15 is 0 Å². The van der Waals surface area contributed by atoms with E-state index < -0.39 is 18.4 Å². The van der Waals surface area contributed by atoms with E-state index in [0.717, 1.165) is 0 Å². The molecule has 0 saturated heterocycles. The Morgan fingerprint density at radius 1 is 1.38 bits per heavy atom. The lowest BCUT2D eigenvalue weighted by Crippen LogP contribution is -2.26. The zero-order chi connectivity index (χ0) is 9.68. The molecular weight excluding hydrogens is 176 g/mol. The molecule has 0 aliphatic carbocycles. The molecule has 70 valence electrons. The highest BCUT2D eigenvalue weighted by Gasteiger charge is 2.08. The number of carbonyl (C=O) groups excluding carboxylic acids is 1. The molecule has 1 N–H and O–H groups in total. The van der Waals surface area contributed by atoms with Crippen LogP contribution in [-0.2, 0) is 0 Å². The minimum absolute atomic E-state index is 0.0593. The summed E-state index contributed by atoms with van der Waals surface area (Å²) in [7, 11) is 0. The lowest BCUT2D eigenvalue weighted by molar-refractivity contribution is 0.0947. The smallest absolute Gasteiger partial charge is 0.254 e. The number of alkyl halides is 1. The predicted molar refractivity (Wildman–Crippen MR) is 44.7 cm³/mol. The van der Waals surface area contributed by atoms with Crippen LogP contribution < -0.4 is 5.32 Å². The van der Waals surface area contributed by atoms with Gasteiger partial charge in [0.25, 0.3) is 5.91 Å². The van der Waals surface area contributed by atoms with Gasteiger partial charge in [-0.1, -0.05) is 12.1 Å². The largest absolute Gasteiger partial charge is 0.349 e. The van der Waals surface area contributed by atoms with E-state index in [0.29, 0.717) is 0 Å². The topological polar surface area (TPSA) is 29.1 Å². The molecule has 0 heterocycles. The first-order valence-electron chi connectivity index (χ1n) is 3.84. The second-order valence-corrected chi connectivity index (χ2v) is 2.42. The summed E-state index contributed by atoms with van der Waals surface area (Å²) in [5.41, 5.74) is -0.0593. The van der Waals surface area contributed by atoms with Gasteiger partial charge >= 0.3 is 0 Å². The van der Waals surface area contributed by atoms with Crippen molar-refractivity contribution < 1.29 is 13.6 Å². The van der Waals surface area contributed by atoms with Gasteiger partial charge in [-0.25, -0.2) is 8.78 Å². The average molecular weight is 185 g/mol. The number of hydrogen-bond acceptors (Lipinski definition) is 1. The molecule has 0 aliphatic rings. The number of nitrogens with one attached hydrogen (secondary N) is 1. The van der Waals surface area contributed by atoms with Gasteiger partial charge in [0.05, 0.1) is 5.56 Å². The zero-order valence-electron chi connectivity index (χ0n) is 6.89. The summed E-state index contributed by atoms with van der Waals surface area (Å²) in [6, 6.07) is 5.57. The Morgan fingerprint density at radius 3 is 2.69 bits per heavy atom. The number of hydrogen-bond donors (Lipinski definition) is 1. The van der Waals surface area contributed by atoms with Gasteiger partial charge in [-0.3, -0.25) is 4.79 Å². The molecule has 1 amide bonds. The second kappa shape index (κ2) is 4.54. The molecule has 0 bridgehead atoms. The first-order chi connectivity index (χ1) is 6.25. The fourth-order valence-electron chi connectivity index (χ4n) is 0.901. The van der Waals surface area contributed by atoms with Gasteiger partial charge in [0, 0.05) is 6.54 Å². The van der Waals surface area contributed by atoms with Gasteiger partial charge < -0.3 is 5.32 Å². The van der Waals surface area contributed by atoms with Gasteiger partial charge in [0.2, 0.25) is 0 Å². The Hall–Kier alpha value is -1.45. The van der Waals surface area contributed by atoms with Gasteiger partial charge in [-0.05, 0) is 12.1 Å². The molecule has 0 radical (unpaired) electrons. The van der Waals surface area contributed by atoms with Crippen molar-refractivity contribution in [2.45, 2.75) is 0 Å². The first-order valence-corrected chi connectivity index (χ1v) is 3.84. The molecular formula is C9H9F2NO. The van der Waals surface area contributed by atoms with Crippen LogP contribution in [0.1, 0.15) is 10.4 Å². The quantitative estimate of drug-likeness (QED) is 0.760. The maximum Gasteiger partial charge on any atom is 0.254 e. The van der Waals surface area contributed by atoms with Crippen LogP contribution in [-0.4, -0.2) is 19.1 Å². The minimum Gasteiger partial charge on any atom is -0.349 e. The van der Waals surface area contributed by atoms with Gasteiger partial charge in [-0.15, -0.1) is 0 Å². The van der Waals surface area contributed by atoms with Crippen molar-refractivity contribution in [3.8, 4) is 0 Å². The molecule has 1 aromatic carbocycles. The molecule has 1 aromatic rings. The third-order valence-electron chi connectivity index (χ3n) is 1.50. The third kappa shape index (κ3) is 2.50. The summed E-state index contributed by atoms with van der Waals surface area (Å²) < 4.78 is 24.6. The summed E-state index contributed by atoms with van der Waals surface area (Å²) in [6.07, 6.45) is 0. The summed E-state index contributed by atoms with van der Waals surface area (Å²) in [6.45, 7) is -0.743. The molecule has 0 aromatic heterocycles. The van der Waals surface area contributed by atoms with Crippen molar-refractivity contribution in [2.24, 2.45) is 0 Å². The van der Waals surface area contributed by atoms with E-state index in [1.54, 1.807) is 6.07 Å². The summed E-state index contributed by atoms with van der Waals surface area (Å²) in [4.78, 5) is 11.1. The van der Waals surface area contributed by atoms with Crippen LogP contribution in [0.25, 0.3) is 0 Å². The van der Waals surface area contributed by atoms with E-state index in [1.807, 2.05) is 0 Å². The summed E-state index contributed by atoms with van der Waals surface area (Å²) >= 11 is 0. The van der Waals surface area contributed by atoms with Gasteiger partial charge in [0.1, 0.15) is 12.5 Å². The standard InChI is InChI=1S/C9H9F2NO/c10-5-6-12-9(13)7-3-1-2-4-8(7)11/h1-4H,5-6H2,(H,12,13). The number of halogens is 2. The Bertz CT molecular complexity index is 301. The average Bonchev–Trinajstić information content (AvgIpc) is 2.15. The Kier molecular flexibility index (Phi) is 3.37. The second-order valence-electron chi connectivity index (χ2n) is 2.42. The number of benzene rings is 1. The van der Waals surface area contributed by atoms with Crippen LogP contribution in [0, 0.1) is 5.82 Å². The number of carbonyl (C=O) groups is 1. The van der Waals surface area contributed by atoms with Crippen LogP contribution in [0.5, 0.6) is 0 Å². The molecule has 0 saturated carbocycles. The molecule has 0 spiro atoms. The monoisotopic (exact) mass is 185 g/mol. The van der Waals surface area contributed by atoms with Crippen molar-refractivity contribution >= 4 is 5.91 Å². The van der Waals surface area contributed by atoms with Crippen molar-refractivity contribution in [2.75, 3.05) is 13.2 Å². The maximum absolute atomic E-state index is 12.9. The normalized spacial score (nSPS) is 9.69. The highest BCUT2D eigenvalue weighted by Crippen LogP contribution is 2.05. The Labute approximate surface area is 74.6 Å². The number of rotatable bonds is 3. The molecule has 1 rings (SSSR count). The van der Waals surface area contributed by atoms with Crippen LogP contribution in [0.4, 0.5) is 8.78 Å². The van der Waals surface area contributed by atoms with Crippen LogP contribution >= 0.6 is 0 Å². The van der Waals surface area contributed by atoms with Crippen molar-refractivity contribution in [3.63, 3.8) is 0 Å². The molecule has 0 unspecified atom stereocenters. The predicted octanol–water partition coefficient (Wildman–Crippen LogP) is 1.53. The van der Waals surface area contributed by atoms with Gasteiger partial charge in [0.15, 0.2) is 0 Å². The summed E-state index contributed by atoms with van der Waals surface area (Å²) in [5.74, 6) is -1.19. The first kappa shape index (κ1) is 9.64. The summed E-state index contributed by atoms with van der Waals surface area (Å²) in [5, 5.41) is 2.24. The van der Waals surface area contributed by atoms with Crippen LogP contribution in [0.3, 0.4) is 0 Å². The molecule has 0 atom stereocenters. The minimum atomic E-state index is -0.653. The van der Waals surface area contributed by atoms with E-state index in [9.17, 15) is 13.6 Å². The van der Waals surface area contributed by atoms with E-state index in [1.165, 1.54) is 18.2 Å². The SMILES string of the molecule is O=C(NCCF)c1ccccc1F. The van der Waals surface area contributed by atoms with E-state index in [-0.39, 0.29) is 12.1 Å². The molecule has 13 heavy (non-hydrogen) atoms. The Balaban J connectivity index is 2.71. The molecule has 2 nitrogen and oxygen atoms in total. The molecule has 0 fully saturated rings. The van der Waals surface area contributed by atoms with Gasteiger partial charge in [-0.2, -0.15) is 0 Å². The van der Waals surface area contributed by atoms with E-state index in [2.05, 4.69) is 5.32 Å². The van der Waals surface area contributed by atoms with Crippen LogP contribution in [0.2, 0.25) is 0 Å². The maximum atomic E-state index is 12.9. The lowest BCUT2D eigenvalue weighted by Gasteiger charge is -2.02. The highest BCUT2D eigenvalue weighted by molar-refractivity contribution is 5.94.